The number of amides is 1. The first-order valence-corrected chi connectivity index (χ1v) is 3.93. The maximum absolute atomic E-state index is 13.1. The molecule has 0 radical (unpaired) electrons. The Kier molecular flexibility index (Phi) is 3.43. The van der Waals surface area contributed by atoms with E-state index in [1.165, 1.54) is 0 Å². The van der Waals surface area contributed by atoms with Crippen LogP contribution in [0, 0.1) is 0 Å². The highest BCUT2D eigenvalue weighted by Gasteiger charge is 2.24. The van der Waals surface area contributed by atoms with Crippen LogP contribution >= 0.6 is 0 Å². The summed E-state index contributed by atoms with van der Waals surface area (Å²) in [5, 5.41) is 2.92. The molecular weight excluding hydrogens is 163 g/mol. The highest BCUT2D eigenvalue weighted by Crippen LogP contribution is 2.06. The summed E-state index contributed by atoms with van der Waals surface area (Å²) >= 11 is 0. The van der Waals surface area contributed by atoms with Crippen LogP contribution in [0.25, 0.3) is 0 Å². The van der Waals surface area contributed by atoms with E-state index in [0.29, 0.717) is 19.8 Å². The van der Waals surface area contributed by atoms with Gasteiger partial charge in [0.05, 0.1) is 25.7 Å². The van der Waals surface area contributed by atoms with E-state index in [2.05, 4.69) is 5.32 Å². The molecule has 0 aromatic rings. The number of hydrogen-bond donors (Lipinski definition) is 2. The largest absolute Gasteiger partial charge is 0.378 e. The minimum atomic E-state index is -1.23. The normalized spacial score (nSPS) is 26.6. The number of carbonyl (C=O) groups is 1. The van der Waals surface area contributed by atoms with Crippen molar-refractivity contribution >= 4 is 5.91 Å². The molecule has 1 rings (SSSR count). The van der Waals surface area contributed by atoms with Gasteiger partial charge < -0.3 is 15.8 Å². The lowest BCUT2D eigenvalue weighted by Crippen LogP contribution is -2.48. The second kappa shape index (κ2) is 4.37. The predicted octanol–water partition coefficient (Wildman–Crippen LogP) is -0.812. The van der Waals surface area contributed by atoms with Gasteiger partial charge in [-0.1, -0.05) is 0 Å². The number of primary amides is 1. The van der Waals surface area contributed by atoms with Gasteiger partial charge in [-0.05, 0) is 0 Å². The molecule has 0 aliphatic carbocycles. The van der Waals surface area contributed by atoms with Gasteiger partial charge in [0.15, 0.2) is 0 Å². The van der Waals surface area contributed by atoms with Crippen molar-refractivity contribution in [1.82, 2.24) is 5.32 Å². The Morgan fingerprint density at radius 1 is 1.83 bits per heavy atom. The van der Waals surface area contributed by atoms with Crippen LogP contribution in [-0.4, -0.2) is 37.9 Å². The number of carbonyl (C=O) groups excluding carboxylic acids is 1. The lowest BCUT2D eigenvalue weighted by atomic mass is 10.1. The van der Waals surface area contributed by atoms with Crippen molar-refractivity contribution in [2.75, 3.05) is 19.8 Å². The average Bonchev–Trinajstić information content (AvgIpc) is 2.05. The van der Waals surface area contributed by atoms with E-state index in [1.807, 2.05) is 0 Å². The van der Waals surface area contributed by atoms with Crippen LogP contribution in [0.2, 0.25) is 0 Å². The number of nitrogens with two attached hydrogens (primary N) is 1. The highest BCUT2D eigenvalue weighted by atomic mass is 19.1. The van der Waals surface area contributed by atoms with Crippen molar-refractivity contribution in [2.24, 2.45) is 5.73 Å². The van der Waals surface area contributed by atoms with E-state index < -0.39 is 12.1 Å². The summed E-state index contributed by atoms with van der Waals surface area (Å²) in [6, 6.07) is -0.383. The third kappa shape index (κ3) is 2.75. The molecule has 0 saturated carbocycles. The third-order valence-corrected chi connectivity index (χ3v) is 1.78. The quantitative estimate of drug-likeness (QED) is 0.591. The minimum absolute atomic E-state index is 0.235. The zero-order valence-electron chi connectivity index (χ0n) is 6.75. The molecule has 0 bridgehead atoms. The Morgan fingerprint density at radius 2 is 2.58 bits per heavy atom. The molecule has 70 valence electrons. The van der Waals surface area contributed by atoms with Crippen LogP contribution in [0.4, 0.5) is 4.39 Å². The number of ether oxygens (including phenoxy) is 1. The van der Waals surface area contributed by atoms with Gasteiger partial charge in [0.1, 0.15) is 6.17 Å². The first kappa shape index (κ1) is 9.41. The number of alkyl halides is 1. The van der Waals surface area contributed by atoms with Gasteiger partial charge in [-0.2, -0.15) is 0 Å². The molecule has 1 fully saturated rings. The second-order valence-electron chi connectivity index (χ2n) is 2.82. The molecule has 0 aromatic heterocycles. The van der Waals surface area contributed by atoms with Crippen molar-refractivity contribution in [3.63, 3.8) is 0 Å². The minimum Gasteiger partial charge on any atom is -0.378 e. The van der Waals surface area contributed by atoms with Gasteiger partial charge in [-0.3, -0.25) is 4.79 Å². The molecule has 1 saturated heterocycles. The Hall–Kier alpha value is -0.680. The number of rotatable bonds is 3. The summed E-state index contributed by atoms with van der Waals surface area (Å²) in [6.07, 6.45) is -1.47. The molecule has 1 amide bonds. The molecule has 1 aliphatic heterocycles. The molecule has 1 heterocycles. The lowest BCUT2D eigenvalue weighted by molar-refractivity contribution is -0.119. The van der Waals surface area contributed by atoms with Crippen molar-refractivity contribution in [3.05, 3.63) is 0 Å². The van der Waals surface area contributed by atoms with E-state index in [-0.39, 0.29) is 12.5 Å². The maximum Gasteiger partial charge on any atom is 0.220 e. The zero-order chi connectivity index (χ0) is 8.97. The number of nitrogens with one attached hydrogen (secondary N) is 1. The average molecular weight is 176 g/mol. The van der Waals surface area contributed by atoms with E-state index in [0.717, 1.165) is 0 Å². The molecular formula is C7H13FN2O2. The van der Waals surface area contributed by atoms with Crippen LogP contribution in [0.3, 0.4) is 0 Å². The van der Waals surface area contributed by atoms with Gasteiger partial charge in [0.25, 0.3) is 0 Å². The fourth-order valence-corrected chi connectivity index (χ4v) is 1.15. The van der Waals surface area contributed by atoms with Gasteiger partial charge in [-0.15, -0.1) is 0 Å². The Balaban J connectivity index is 2.29. The summed E-state index contributed by atoms with van der Waals surface area (Å²) in [5.74, 6) is -0.616. The summed E-state index contributed by atoms with van der Waals surface area (Å²) in [7, 11) is 0. The van der Waals surface area contributed by atoms with Crippen LogP contribution in [0.1, 0.15) is 6.42 Å². The molecule has 12 heavy (non-hydrogen) atoms. The second-order valence-corrected chi connectivity index (χ2v) is 2.82. The van der Waals surface area contributed by atoms with Crippen molar-refractivity contribution in [2.45, 2.75) is 18.6 Å². The highest BCUT2D eigenvalue weighted by molar-refractivity contribution is 5.74. The van der Waals surface area contributed by atoms with Crippen molar-refractivity contribution in [3.8, 4) is 0 Å². The maximum atomic E-state index is 13.1. The Morgan fingerprint density at radius 3 is 3.08 bits per heavy atom. The molecule has 3 N–H and O–H groups in total. The fourth-order valence-electron chi connectivity index (χ4n) is 1.15. The number of halogens is 1. The van der Waals surface area contributed by atoms with Gasteiger partial charge in [0.2, 0.25) is 5.91 Å². The first-order valence-electron chi connectivity index (χ1n) is 3.93. The molecule has 2 unspecified atom stereocenters. The molecule has 4 nitrogen and oxygen atoms in total. The third-order valence-electron chi connectivity index (χ3n) is 1.78. The summed E-state index contributed by atoms with van der Waals surface area (Å²) in [6.45, 7) is 1.54. The lowest BCUT2D eigenvalue weighted by Gasteiger charge is -2.25. The fraction of sp³-hybridized carbons (Fsp3) is 0.857. The van der Waals surface area contributed by atoms with E-state index in [1.54, 1.807) is 0 Å². The number of morpholine rings is 1. The van der Waals surface area contributed by atoms with Crippen molar-refractivity contribution < 1.29 is 13.9 Å². The summed E-state index contributed by atoms with van der Waals surface area (Å²) < 4.78 is 18.1. The topological polar surface area (TPSA) is 64.4 Å². The van der Waals surface area contributed by atoms with Crippen LogP contribution in [-0.2, 0) is 9.53 Å². The monoisotopic (exact) mass is 176 g/mol. The molecule has 1 aliphatic rings. The van der Waals surface area contributed by atoms with Crippen LogP contribution < -0.4 is 11.1 Å². The van der Waals surface area contributed by atoms with Crippen molar-refractivity contribution in [1.29, 1.82) is 0 Å². The standard InChI is InChI=1S/C7H13FN2O2/c8-5(3-7(9)11)6-4-12-2-1-10-6/h5-6,10H,1-4H2,(H2,9,11). The SMILES string of the molecule is NC(=O)CC(F)C1COCCN1. The summed E-state index contributed by atoms with van der Waals surface area (Å²) in [4.78, 5) is 10.4. The van der Waals surface area contributed by atoms with E-state index in [4.69, 9.17) is 10.5 Å². The Bertz CT molecular complexity index is 159. The molecule has 2 atom stereocenters. The van der Waals surface area contributed by atoms with E-state index in [9.17, 15) is 9.18 Å². The zero-order valence-corrected chi connectivity index (χ0v) is 6.75. The molecule has 0 aromatic carbocycles. The van der Waals surface area contributed by atoms with Gasteiger partial charge in [-0.25, -0.2) is 4.39 Å². The van der Waals surface area contributed by atoms with Crippen LogP contribution in [0.15, 0.2) is 0 Å². The smallest absolute Gasteiger partial charge is 0.220 e. The Labute approximate surface area is 70.3 Å². The van der Waals surface area contributed by atoms with Gasteiger partial charge in [0, 0.05) is 6.54 Å². The van der Waals surface area contributed by atoms with Crippen LogP contribution in [0.5, 0.6) is 0 Å². The first-order chi connectivity index (χ1) is 5.70. The number of hydrogen-bond acceptors (Lipinski definition) is 3. The molecule has 5 heteroatoms. The van der Waals surface area contributed by atoms with E-state index >= 15 is 0 Å². The molecule has 0 spiro atoms. The van der Waals surface area contributed by atoms with Gasteiger partial charge >= 0.3 is 0 Å². The predicted molar refractivity (Wildman–Crippen MR) is 41.3 cm³/mol. The summed E-state index contributed by atoms with van der Waals surface area (Å²) in [5.41, 5.74) is 4.85.